The Bertz CT molecular complexity index is 487. The molecule has 0 aliphatic rings. The summed E-state index contributed by atoms with van der Waals surface area (Å²) in [6.07, 6.45) is -2.68. The number of halogens is 2. The van der Waals surface area contributed by atoms with Gasteiger partial charge in [-0.15, -0.1) is 0 Å². The van der Waals surface area contributed by atoms with E-state index >= 15 is 0 Å². The summed E-state index contributed by atoms with van der Waals surface area (Å²) in [5.74, 6) is -4.75. The van der Waals surface area contributed by atoms with Gasteiger partial charge in [-0.3, -0.25) is 0 Å². The number of nitrogens with one attached hydrogen (secondary N) is 1. The summed E-state index contributed by atoms with van der Waals surface area (Å²) in [6, 6.07) is 7.05. The number of alkyl halides is 2. The number of carboxylic acid groups (broad SMARTS) is 1. The molecule has 7 heteroatoms. The Balaban J connectivity index is 2.60. The lowest BCUT2D eigenvalue weighted by Gasteiger charge is -2.20. The van der Waals surface area contributed by atoms with E-state index in [1.165, 1.54) is 0 Å². The highest BCUT2D eigenvalue weighted by atomic mass is 19.3. The molecule has 0 bridgehead atoms. The van der Waals surface area contributed by atoms with Gasteiger partial charge in [0, 0.05) is 6.42 Å². The SMILES string of the molecule is CC(OC(=O)NC(CC(C)(F)F)C(=O)O)c1ccccc1. The number of alkyl carbamates (subject to hydrolysis) is 1. The molecular formula is C14H17F2NO4. The molecule has 0 aromatic heterocycles. The fourth-order valence-corrected chi connectivity index (χ4v) is 1.69. The number of carbonyl (C=O) groups excluding carboxylic acids is 1. The molecule has 0 radical (unpaired) electrons. The van der Waals surface area contributed by atoms with E-state index < -0.39 is 36.6 Å². The Hall–Kier alpha value is -2.18. The van der Waals surface area contributed by atoms with E-state index in [2.05, 4.69) is 0 Å². The first-order valence-electron chi connectivity index (χ1n) is 6.32. The quantitative estimate of drug-likeness (QED) is 0.847. The van der Waals surface area contributed by atoms with Crippen LogP contribution < -0.4 is 5.32 Å². The Kier molecular flexibility index (Phi) is 5.63. The zero-order chi connectivity index (χ0) is 16.0. The minimum Gasteiger partial charge on any atom is -0.480 e. The monoisotopic (exact) mass is 301 g/mol. The Morgan fingerprint density at radius 1 is 1.33 bits per heavy atom. The molecule has 1 aromatic rings. The highest BCUT2D eigenvalue weighted by Crippen LogP contribution is 2.20. The van der Waals surface area contributed by atoms with Crippen LogP contribution in [0.5, 0.6) is 0 Å². The van der Waals surface area contributed by atoms with Crippen LogP contribution >= 0.6 is 0 Å². The fourth-order valence-electron chi connectivity index (χ4n) is 1.69. The van der Waals surface area contributed by atoms with E-state index in [4.69, 9.17) is 9.84 Å². The van der Waals surface area contributed by atoms with Crippen LogP contribution in [0.1, 0.15) is 31.9 Å². The maximum absolute atomic E-state index is 12.9. The summed E-state index contributed by atoms with van der Waals surface area (Å²) in [7, 11) is 0. The largest absolute Gasteiger partial charge is 0.480 e. The minimum absolute atomic E-state index is 0.586. The molecule has 5 nitrogen and oxygen atoms in total. The second-order valence-corrected chi connectivity index (χ2v) is 4.77. The lowest BCUT2D eigenvalue weighted by molar-refractivity contribution is -0.142. The number of carbonyl (C=O) groups is 2. The van der Waals surface area contributed by atoms with Gasteiger partial charge < -0.3 is 15.2 Å². The van der Waals surface area contributed by atoms with Crippen LogP contribution in [0.25, 0.3) is 0 Å². The maximum atomic E-state index is 12.9. The molecule has 2 unspecified atom stereocenters. The molecule has 2 N–H and O–H groups in total. The van der Waals surface area contributed by atoms with Gasteiger partial charge in [0.15, 0.2) is 0 Å². The van der Waals surface area contributed by atoms with Gasteiger partial charge in [-0.05, 0) is 19.4 Å². The van der Waals surface area contributed by atoms with Crippen molar-refractivity contribution in [3.05, 3.63) is 35.9 Å². The van der Waals surface area contributed by atoms with Crippen molar-refractivity contribution in [1.82, 2.24) is 5.32 Å². The molecule has 0 saturated heterocycles. The van der Waals surface area contributed by atoms with Crippen molar-refractivity contribution in [1.29, 1.82) is 0 Å². The zero-order valence-electron chi connectivity index (χ0n) is 11.7. The average Bonchev–Trinajstić information content (AvgIpc) is 2.37. The van der Waals surface area contributed by atoms with Gasteiger partial charge in [0.25, 0.3) is 0 Å². The van der Waals surface area contributed by atoms with E-state index in [1.807, 2.05) is 5.32 Å². The smallest absolute Gasteiger partial charge is 0.408 e. The third-order valence-electron chi connectivity index (χ3n) is 2.71. The van der Waals surface area contributed by atoms with Crippen LogP contribution in [0.15, 0.2) is 30.3 Å². The van der Waals surface area contributed by atoms with Gasteiger partial charge in [-0.25, -0.2) is 18.4 Å². The molecule has 0 heterocycles. The van der Waals surface area contributed by atoms with E-state index in [0.29, 0.717) is 12.5 Å². The Morgan fingerprint density at radius 2 is 1.90 bits per heavy atom. The normalized spacial score (nSPS) is 14.1. The molecule has 0 aliphatic heterocycles. The van der Waals surface area contributed by atoms with Crippen molar-refractivity contribution in [2.24, 2.45) is 0 Å². The maximum Gasteiger partial charge on any atom is 0.408 e. The topological polar surface area (TPSA) is 75.6 Å². The number of carboxylic acids is 1. The van der Waals surface area contributed by atoms with E-state index in [0.717, 1.165) is 0 Å². The van der Waals surface area contributed by atoms with Gasteiger partial charge in [-0.1, -0.05) is 30.3 Å². The van der Waals surface area contributed by atoms with Crippen LogP contribution in [0.2, 0.25) is 0 Å². The second kappa shape index (κ2) is 7.01. The lowest BCUT2D eigenvalue weighted by atomic mass is 10.1. The van der Waals surface area contributed by atoms with Crippen LogP contribution in [0.3, 0.4) is 0 Å². The second-order valence-electron chi connectivity index (χ2n) is 4.77. The number of rotatable bonds is 6. The summed E-state index contributed by atoms with van der Waals surface area (Å²) in [5.41, 5.74) is 0.709. The number of benzene rings is 1. The molecule has 116 valence electrons. The van der Waals surface area contributed by atoms with Crippen molar-refractivity contribution < 1.29 is 28.2 Å². The van der Waals surface area contributed by atoms with Crippen molar-refractivity contribution >= 4 is 12.1 Å². The molecular weight excluding hydrogens is 284 g/mol. The Morgan fingerprint density at radius 3 is 2.38 bits per heavy atom. The van der Waals surface area contributed by atoms with Crippen LogP contribution in [0.4, 0.5) is 13.6 Å². The summed E-state index contributed by atoms with van der Waals surface area (Å²) in [4.78, 5) is 22.5. The lowest BCUT2D eigenvalue weighted by Crippen LogP contribution is -2.44. The summed E-state index contributed by atoms with van der Waals surface area (Å²) >= 11 is 0. The number of amides is 1. The van der Waals surface area contributed by atoms with Crippen molar-refractivity contribution in [3.63, 3.8) is 0 Å². The third-order valence-corrected chi connectivity index (χ3v) is 2.71. The predicted molar refractivity (Wildman–Crippen MR) is 71.1 cm³/mol. The minimum atomic E-state index is -3.21. The number of ether oxygens (including phenoxy) is 1. The predicted octanol–water partition coefficient (Wildman–Crippen LogP) is 2.97. The molecule has 0 spiro atoms. The van der Waals surface area contributed by atoms with Crippen LogP contribution in [-0.4, -0.2) is 29.1 Å². The van der Waals surface area contributed by atoms with Gasteiger partial charge >= 0.3 is 12.1 Å². The first-order valence-corrected chi connectivity index (χ1v) is 6.32. The van der Waals surface area contributed by atoms with E-state index in [-0.39, 0.29) is 0 Å². The summed E-state index contributed by atoms with van der Waals surface area (Å²) in [6.45, 7) is 2.18. The van der Waals surface area contributed by atoms with Crippen LogP contribution in [0, 0.1) is 0 Å². The highest BCUT2D eigenvalue weighted by Gasteiger charge is 2.32. The van der Waals surface area contributed by atoms with Gasteiger partial charge in [0.2, 0.25) is 5.92 Å². The van der Waals surface area contributed by atoms with Crippen molar-refractivity contribution in [2.45, 2.75) is 38.3 Å². The molecule has 0 fully saturated rings. The number of aliphatic carboxylic acids is 1. The summed E-state index contributed by atoms with van der Waals surface area (Å²) in [5, 5.41) is 10.8. The van der Waals surface area contributed by atoms with Gasteiger partial charge in [-0.2, -0.15) is 0 Å². The first kappa shape index (κ1) is 16.9. The molecule has 1 aromatic carbocycles. The average molecular weight is 301 g/mol. The van der Waals surface area contributed by atoms with Gasteiger partial charge in [0.1, 0.15) is 12.1 Å². The van der Waals surface area contributed by atoms with E-state index in [1.54, 1.807) is 37.3 Å². The molecule has 0 aliphatic carbocycles. The third kappa shape index (κ3) is 6.20. The number of hydrogen-bond donors (Lipinski definition) is 2. The van der Waals surface area contributed by atoms with Crippen LogP contribution in [-0.2, 0) is 9.53 Å². The number of hydrogen-bond acceptors (Lipinski definition) is 3. The van der Waals surface area contributed by atoms with Gasteiger partial charge in [0.05, 0.1) is 0 Å². The molecule has 2 atom stereocenters. The fraction of sp³-hybridized carbons (Fsp3) is 0.429. The molecule has 21 heavy (non-hydrogen) atoms. The van der Waals surface area contributed by atoms with E-state index in [9.17, 15) is 18.4 Å². The standard InChI is InChI=1S/C14H17F2NO4/c1-9(10-6-4-3-5-7-10)21-13(20)17-11(12(18)19)8-14(2,15)16/h3-7,9,11H,8H2,1-2H3,(H,17,20)(H,18,19). The molecule has 0 saturated carbocycles. The molecule has 1 rings (SSSR count). The summed E-state index contributed by atoms with van der Waals surface area (Å²) < 4.78 is 30.7. The molecule has 1 amide bonds. The highest BCUT2D eigenvalue weighted by molar-refractivity contribution is 5.80. The first-order chi connectivity index (χ1) is 9.69. The van der Waals surface area contributed by atoms with Crippen molar-refractivity contribution in [3.8, 4) is 0 Å². The Labute approximate surface area is 120 Å². The zero-order valence-corrected chi connectivity index (χ0v) is 11.7. The van der Waals surface area contributed by atoms with Crippen molar-refractivity contribution in [2.75, 3.05) is 0 Å².